The lowest BCUT2D eigenvalue weighted by Crippen LogP contribution is -2.34. The molecule has 1 aliphatic carbocycles. The lowest BCUT2D eigenvalue weighted by atomic mass is 9.63. The molecule has 0 atom stereocenters. The molecule has 0 saturated carbocycles. The van der Waals surface area contributed by atoms with Crippen molar-refractivity contribution in [3.05, 3.63) is 61.1 Å². The Bertz CT molecular complexity index is 1120. The van der Waals surface area contributed by atoms with Crippen molar-refractivity contribution in [3.63, 3.8) is 0 Å². The smallest absolute Gasteiger partial charge is 0.373 e. The largest absolute Gasteiger partial charge is 0.412 e. The van der Waals surface area contributed by atoms with E-state index in [1.807, 2.05) is 6.07 Å². The minimum absolute atomic E-state index is 0.00559. The molecule has 2 aromatic rings. The van der Waals surface area contributed by atoms with Crippen molar-refractivity contribution in [1.82, 2.24) is 0 Å². The fourth-order valence-electron chi connectivity index (χ4n) is 4.43. The maximum atomic E-state index is 12.1. The molecule has 8 heteroatoms. The third-order valence-corrected chi connectivity index (χ3v) is 6.83. The number of primary amides is 1. The maximum absolute atomic E-state index is 12.1. The zero-order chi connectivity index (χ0) is 23.3. The van der Waals surface area contributed by atoms with Gasteiger partial charge < -0.3 is 10.5 Å². The Labute approximate surface area is 189 Å². The highest BCUT2D eigenvalue weighted by molar-refractivity contribution is 9.10. The number of halogens is 1. The van der Waals surface area contributed by atoms with Crippen LogP contribution in [0.4, 0.5) is 10.5 Å². The maximum Gasteiger partial charge on any atom is 0.412 e. The lowest BCUT2D eigenvalue weighted by molar-refractivity contribution is -0.385. The van der Waals surface area contributed by atoms with Crippen molar-refractivity contribution in [1.29, 1.82) is 0 Å². The van der Waals surface area contributed by atoms with E-state index in [0.29, 0.717) is 11.1 Å². The van der Waals surface area contributed by atoms with Gasteiger partial charge in [-0.25, -0.2) is 9.59 Å². The Morgan fingerprint density at radius 1 is 1.13 bits per heavy atom. The van der Waals surface area contributed by atoms with Crippen LogP contribution in [0.3, 0.4) is 0 Å². The highest BCUT2D eigenvalue weighted by Gasteiger charge is 2.39. The van der Waals surface area contributed by atoms with E-state index in [9.17, 15) is 19.7 Å². The third kappa shape index (κ3) is 4.08. The van der Waals surface area contributed by atoms with Crippen LogP contribution in [0.2, 0.25) is 0 Å². The quantitative estimate of drug-likeness (QED) is 0.249. The fraction of sp³-hybridized carbons (Fsp3) is 0.391. The molecule has 0 aliphatic heterocycles. The van der Waals surface area contributed by atoms with Crippen LogP contribution >= 0.6 is 15.9 Å². The number of esters is 1. The minimum atomic E-state index is -1.32. The van der Waals surface area contributed by atoms with E-state index in [4.69, 9.17) is 5.73 Å². The van der Waals surface area contributed by atoms with Crippen molar-refractivity contribution in [2.24, 2.45) is 5.73 Å². The molecule has 0 fully saturated rings. The molecular formula is C23H25BrN2O5. The Morgan fingerprint density at radius 3 is 2.32 bits per heavy atom. The predicted octanol–water partition coefficient (Wildman–Crippen LogP) is 5.92. The van der Waals surface area contributed by atoms with Gasteiger partial charge in [0.2, 0.25) is 0 Å². The summed E-state index contributed by atoms with van der Waals surface area (Å²) in [5, 5.41) is 11.8. The highest BCUT2D eigenvalue weighted by atomic mass is 79.9. The number of nitro groups is 1. The van der Waals surface area contributed by atoms with Crippen LogP contribution in [-0.2, 0) is 15.6 Å². The summed E-state index contributed by atoms with van der Waals surface area (Å²) in [6.45, 7) is 10.4. The predicted molar refractivity (Wildman–Crippen MR) is 121 cm³/mol. The number of rotatable bonds is 3. The van der Waals surface area contributed by atoms with Crippen LogP contribution in [0.1, 0.15) is 67.6 Å². The van der Waals surface area contributed by atoms with Crippen LogP contribution in [0.15, 0.2) is 28.7 Å². The summed E-state index contributed by atoms with van der Waals surface area (Å²) in [7, 11) is 0. The van der Waals surface area contributed by atoms with Gasteiger partial charge in [0.1, 0.15) is 5.56 Å². The van der Waals surface area contributed by atoms with Crippen molar-refractivity contribution in [2.45, 2.75) is 58.3 Å². The number of ether oxygens (including phenoxy) is 1. The second kappa shape index (κ2) is 7.75. The van der Waals surface area contributed by atoms with E-state index >= 15 is 0 Å². The van der Waals surface area contributed by atoms with Crippen molar-refractivity contribution < 1.29 is 19.2 Å². The Hall–Kier alpha value is -2.74. The zero-order valence-corrected chi connectivity index (χ0v) is 19.8. The Morgan fingerprint density at radius 2 is 1.74 bits per heavy atom. The molecule has 0 bridgehead atoms. The summed E-state index contributed by atoms with van der Waals surface area (Å²) in [6.07, 6.45) is 0.774. The fourth-order valence-corrected chi connectivity index (χ4v) is 5.42. The molecule has 0 aromatic heterocycles. The second-order valence-corrected chi connectivity index (χ2v) is 10.1. The summed E-state index contributed by atoms with van der Waals surface area (Å²) in [4.78, 5) is 34.2. The number of fused-ring (bicyclic) bond motifs is 1. The first-order valence-corrected chi connectivity index (χ1v) is 10.7. The summed E-state index contributed by atoms with van der Waals surface area (Å²) >= 11 is 3.73. The number of amides is 1. The Balaban J connectivity index is 2.24. The molecule has 2 N–H and O–H groups in total. The molecule has 2 aromatic carbocycles. The molecule has 0 unspecified atom stereocenters. The molecule has 164 valence electrons. The van der Waals surface area contributed by atoms with E-state index < -0.39 is 22.7 Å². The molecule has 0 radical (unpaired) electrons. The van der Waals surface area contributed by atoms with Crippen LogP contribution in [0.5, 0.6) is 0 Å². The number of nitrogens with zero attached hydrogens (tertiary/aromatic N) is 1. The first-order valence-electron chi connectivity index (χ1n) is 9.91. The van der Waals surface area contributed by atoms with Crippen LogP contribution in [-0.4, -0.2) is 17.0 Å². The van der Waals surface area contributed by atoms with Gasteiger partial charge in [-0.3, -0.25) is 10.1 Å². The van der Waals surface area contributed by atoms with Gasteiger partial charge in [0.25, 0.3) is 5.69 Å². The third-order valence-electron chi connectivity index (χ3n) is 6.21. The molecule has 0 heterocycles. The minimum Gasteiger partial charge on any atom is -0.373 e. The van der Waals surface area contributed by atoms with Gasteiger partial charge in [-0.2, -0.15) is 0 Å². The number of carbonyl (C=O) groups excluding carboxylic acids is 2. The summed E-state index contributed by atoms with van der Waals surface area (Å²) in [6, 6.07) is 6.99. The standard InChI is InChI=1S/C23H25BrN2O5/c1-12-14(6-7-15(19(12)26(29)30)20(27)31-21(25)28)13-10-16-18(17(24)11-13)23(4,5)9-8-22(16,2)3/h6-7,10-11H,8-9H2,1-5H3,(H2,25,28). The van der Waals surface area contributed by atoms with Crippen LogP contribution in [0.25, 0.3) is 11.1 Å². The number of nitro benzene ring substituents is 1. The normalized spacial score (nSPS) is 16.3. The molecular weight excluding hydrogens is 464 g/mol. The van der Waals surface area contributed by atoms with Crippen LogP contribution in [0, 0.1) is 17.0 Å². The molecule has 1 amide bonds. The van der Waals surface area contributed by atoms with Crippen LogP contribution < -0.4 is 5.73 Å². The monoisotopic (exact) mass is 488 g/mol. The van der Waals surface area contributed by atoms with Gasteiger partial charge in [-0.05, 0) is 65.0 Å². The van der Waals surface area contributed by atoms with Crippen molar-refractivity contribution >= 4 is 33.7 Å². The number of benzene rings is 2. The van der Waals surface area contributed by atoms with E-state index in [2.05, 4.69) is 54.4 Å². The average Bonchev–Trinajstić information content (AvgIpc) is 2.63. The van der Waals surface area contributed by atoms with Gasteiger partial charge in [0.05, 0.1) is 4.92 Å². The molecule has 0 spiro atoms. The number of carbonyl (C=O) groups is 2. The first-order chi connectivity index (χ1) is 14.3. The molecule has 31 heavy (non-hydrogen) atoms. The van der Waals surface area contributed by atoms with E-state index in [1.54, 1.807) is 13.0 Å². The first kappa shape index (κ1) is 22.9. The average molecular weight is 489 g/mol. The van der Waals surface area contributed by atoms with E-state index in [1.165, 1.54) is 17.2 Å². The summed E-state index contributed by atoms with van der Waals surface area (Å²) < 4.78 is 5.31. The summed E-state index contributed by atoms with van der Waals surface area (Å²) in [5.74, 6) is -1.15. The van der Waals surface area contributed by atoms with Gasteiger partial charge in [-0.1, -0.05) is 55.8 Å². The van der Waals surface area contributed by atoms with Gasteiger partial charge >= 0.3 is 12.1 Å². The lowest BCUT2D eigenvalue weighted by Gasteiger charge is -2.42. The zero-order valence-electron chi connectivity index (χ0n) is 18.2. The summed E-state index contributed by atoms with van der Waals surface area (Å²) in [5.41, 5.74) is 8.33. The highest BCUT2D eigenvalue weighted by Crippen LogP contribution is 2.50. The molecule has 1 aliphatic rings. The number of hydrogen-bond donors (Lipinski definition) is 1. The van der Waals surface area contributed by atoms with E-state index in [0.717, 1.165) is 22.9 Å². The number of hydrogen-bond acceptors (Lipinski definition) is 5. The molecule has 7 nitrogen and oxygen atoms in total. The van der Waals surface area contributed by atoms with Gasteiger partial charge in [0, 0.05) is 10.0 Å². The molecule has 3 rings (SSSR count). The Kier molecular flexibility index (Phi) is 5.73. The van der Waals surface area contributed by atoms with Gasteiger partial charge in [-0.15, -0.1) is 0 Å². The SMILES string of the molecule is Cc1c(-c2cc(Br)c3c(c2)C(C)(C)CCC3(C)C)ccc(C(=O)OC(N)=O)c1[N+](=O)[O-]. The molecule has 0 saturated heterocycles. The second-order valence-electron chi connectivity index (χ2n) is 9.25. The van der Waals surface area contributed by atoms with E-state index in [-0.39, 0.29) is 16.4 Å². The topological polar surface area (TPSA) is 113 Å². The van der Waals surface area contributed by atoms with Crippen molar-refractivity contribution in [3.8, 4) is 11.1 Å². The number of nitrogens with two attached hydrogens (primary N) is 1. The van der Waals surface area contributed by atoms with Gasteiger partial charge in [0.15, 0.2) is 0 Å². The van der Waals surface area contributed by atoms with Crippen molar-refractivity contribution in [2.75, 3.05) is 0 Å².